The summed E-state index contributed by atoms with van der Waals surface area (Å²) in [6.45, 7) is 1.35. The topological polar surface area (TPSA) is 125 Å². The lowest BCUT2D eigenvalue weighted by Gasteiger charge is -2.14. The molecule has 2 amide bonds. The van der Waals surface area contributed by atoms with Gasteiger partial charge in [-0.1, -0.05) is 0 Å². The molecule has 1 saturated carbocycles. The van der Waals surface area contributed by atoms with Crippen molar-refractivity contribution in [3.8, 4) is 0 Å². The minimum Gasteiger partial charge on any atom is -0.481 e. The molecule has 0 aromatic rings. The molecular formula is C12H20N2O6. The Morgan fingerprint density at radius 2 is 1.95 bits per heavy atom. The van der Waals surface area contributed by atoms with E-state index in [1.165, 1.54) is 12.8 Å². The van der Waals surface area contributed by atoms with Crippen LogP contribution in [-0.2, 0) is 14.3 Å². The maximum Gasteiger partial charge on any atom is 0.326 e. The normalized spacial score (nSPS) is 15.4. The number of carboxylic acids is 2. The molecule has 0 spiro atoms. The van der Waals surface area contributed by atoms with Crippen LogP contribution in [0, 0.1) is 5.92 Å². The number of carbonyl (C=O) groups is 3. The number of rotatable bonds is 10. The summed E-state index contributed by atoms with van der Waals surface area (Å²) in [5.74, 6) is -1.71. The van der Waals surface area contributed by atoms with Crippen molar-refractivity contribution in [3.63, 3.8) is 0 Å². The van der Waals surface area contributed by atoms with Crippen molar-refractivity contribution in [1.29, 1.82) is 0 Å². The Labute approximate surface area is 116 Å². The molecule has 0 bridgehead atoms. The first-order chi connectivity index (χ1) is 9.49. The van der Waals surface area contributed by atoms with Crippen LogP contribution in [0.5, 0.6) is 0 Å². The van der Waals surface area contributed by atoms with Crippen LogP contribution >= 0.6 is 0 Å². The van der Waals surface area contributed by atoms with Gasteiger partial charge >= 0.3 is 18.0 Å². The Bertz CT molecular complexity index is 356. The summed E-state index contributed by atoms with van der Waals surface area (Å²) in [6.07, 6.45) is 1.91. The zero-order chi connectivity index (χ0) is 15.0. The molecule has 20 heavy (non-hydrogen) atoms. The number of ether oxygens (including phenoxy) is 1. The summed E-state index contributed by atoms with van der Waals surface area (Å²) < 4.78 is 5.30. The van der Waals surface area contributed by atoms with Gasteiger partial charge in [-0.05, 0) is 25.2 Å². The molecule has 1 fully saturated rings. The molecule has 0 aliphatic heterocycles. The number of aliphatic carboxylic acids is 2. The van der Waals surface area contributed by atoms with Crippen molar-refractivity contribution >= 4 is 18.0 Å². The smallest absolute Gasteiger partial charge is 0.326 e. The number of amides is 2. The van der Waals surface area contributed by atoms with E-state index in [4.69, 9.17) is 14.9 Å². The largest absolute Gasteiger partial charge is 0.481 e. The van der Waals surface area contributed by atoms with Crippen LogP contribution in [0.2, 0.25) is 0 Å². The van der Waals surface area contributed by atoms with Gasteiger partial charge in [0.05, 0.1) is 6.61 Å². The van der Waals surface area contributed by atoms with Crippen LogP contribution in [0.25, 0.3) is 0 Å². The fourth-order valence-corrected chi connectivity index (χ4v) is 1.51. The van der Waals surface area contributed by atoms with Crippen LogP contribution in [0.4, 0.5) is 4.79 Å². The minimum atomic E-state index is -1.26. The summed E-state index contributed by atoms with van der Waals surface area (Å²) in [6, 6.07) is -1.85. The van der Waals surface area contributed by atoms with E-state index in [9.17, 15) is 14.4 Å². The van der Waals surface area contributed by atoms with Crippen molar-refractivity contribution in [3.05, 3.63) is 0 Å². The number of hydrogen-bond acceptors (Lipinski definition) is 4. The lowest BCUT2D eigenvalue weighted by molar-refractivity contribution is -0.140. The molecule has 1 aliphatic rings. The first-order valence-electron chi connectivity index (χ1n) is 6.55. The first-order valence-corrected chi connectivity index (χ1v) is 6.55. The van der Waals surface area contributed by atoms with Gasteiger partial charge in [-0.25, -0.2) is 9.59 Å². The lowest BCUT2D eigenvalue weighted by atomic mass is 10.1. The fourth-order valence-electron chi connectivity index (χ4n) is 1.51. The summed E-state index contributed by atoms with van der Waals surface area (Å²) in [4.78, 5) is 32.6. The number of hydrogen-bond donors (Lipinski definition) is 4. The van der Waals surface area contributed by atoms with Gasteiger partial charge in [0.2, 0.25) is 0 Å². The Morgan fingerprint density at radius 1 is 1.25 bits per heavy atom. The first kappa shape index (κ1) is 16.2. The average molecular weight is 288 g/mol. The molecule has 1 unspecified atom stereocenters. The number of nitrogens with one attached hydrogen (secondary N) is 2. The second-order valence-corrected chi connectivity index (χ2v) is 4.74. The van der Waals surface area contributed by atoms with E-state index in [1.807, 2.05) is 0 Å². The third-order valence-electron chi connectivity index (χ3n) is 2.83. The van der Waals surface area contributed by atoms with Crippen LogP contribution < -0.4 is 10.6 Å². The van der Waals surface area contributed by atoms with Crippen molar-refractivity contribution in [2.75, 3.05) is 19.8 Å². The van der Waals surface area contributed by atoms with Crippen molar-refractivity contribution in [1.82, 2.24) is 10.6 Å². The standard InChI is InChI=1S/C12H20N2O6/c15-10(16)4-3-9(11(17)18)14-12(19)13-5-6-20-7-8-1-2-8/h8-9H,1-7H2,(H,15,16)(H,17,18)(H2,13,14,19). The molecule has 4 N–H and O–H groups in total. The zero-order valence-electron chi connectivity index (χ0n) is 11.1. The Hall–Kier alpha value is -1.83. The van der Waals surface area contributed by atoms with Gasteiger partial charge in [0.15, 0.2) is 0 Å². The molecule has 0 aromatic heterocycles. The number of carboxylic acid groups (broad SMARTS) is 2. The third kappa shape index (κ3) is 7.57. The monoisotopic (exact) mass is 288 g/mol. The minimum absolute atomic E-state index is 0.156. The maximum atomic E-state index is 11.4. The van der Waals surface area contributed by atoms with E-state index in [2.05, 4.69) is 10.6 Å². The highest BCUT2D eigenvalue weighted by Gasteiger charge is 2.22. The summed E-state index contributed by atoms with van der Waals surface area (Å²) >= 11 is 0. The molecule has 1 rings (SSSR count). The Kier molecular flexibility index (Phi) is 6.78. The molecule has 114 valence electrons. The highest BCUT2D eigenvalue weighted by Crippen LogP contribution is 2.28. The van der Waals surface area contributed by atoms with Gasteiger partial charge < -0.3 is 25.6 Å². The fraction of sp³-hybridized carbons (Fsp3) is 0.750. The van der Waals surface area contributed by atoms with Gasteiger partial charge in [-0.15, -0.1) is 0 Å². The molecule has 0 heterocycles. The van der Waals surface area contributed by atoms with Gasteiger partial charge in [0, 0.05) is 19.6 Å². The molecule has 8 nitrogen and oxygen atoms in total. The highest BCUT2D eigenvalue weighted by molar-refractivity contribution is 5.82. The Balaban J connectivity index is 2.12. The van der Waals surface area contributed by atoms with E-state index < -0.39 is 24.0 Å². The molecule has 0 radical (unpaired) electrons. The molecule has 0 aromatic carbocycles. The van der Waals surface area contributed by atoms with Crippen molar-refractivity contribution in [2.24, 2.45) is 5.92 Å². The van der Waals surface area contributed by atoms with E-state index >= 15 is 0 Å². The van der Waals surface area contributed by atoms with Crippen LogP contribution in [-0.4, -0.2) is 54.0 Å². The predicted octanol–water partition coefficient (Wildman–Crippen LogP) is 0.0302. The van der Waals surface area contributed by atoms with Gasteiger partial charge in [0.1, 0.15) is 6.04 Å². The molecular weight excluding hydrogens is 268 g/mol. The third-order valence-corrected chi connectivity index (χ3v) is 2.83. The lowest BCUT2D eigenvalue weighted by Crippen LogP contribution is -2.46. The molecule has 1 aliphatic carbocycles. The predicted molar refractivity (Wildman–Crippen MR) is 68.4 cm³/mol. The van der Waals surface area contributed by atoms with E-state index in [0.717, 1.165) is 0 Å². The van der Waals surface area contributed by atoms with Gasteiger partial charge in [-0.2, -0.15) is 0 Å². The summed E-state index contributed by atoms with van der Waals surface area (Å²) in [7, 11) is 0. The average Bonchev–Trinajstić information content (AvgIpc) is 3.17. The second-order valence-electron chi connectivity index (χ2n) is 4.74. The summed E-state index contributed by atoms with van der Waals surface area (Å²) in [5.41, 5.74) is 0. The molecule has 0 saturated heterocycles. The quantitative estimate of drug-likeness (QED) is 0.420. The molecule has 8 heteroatoms. The number of carbonyl (C=O) groups excluding carboxylic acids is 1. The Morgan fingerprint density at radius 3 is 2.50 bits per heavy atom. The number of urea groups is 1. The zero-order valence-corrected chi connectivity index (χ0v) is 11.1. The van der Waals surface area contributed by atoms with E-state index in [0.29, 0.717) is 19.1 Å². The second kappa shape index (κ2) is 8.36. The molecule has 1 atom stereocenters. The van der Waals surface area contributed by atoms with Crippen molar-refractivity contribution < 1.29 is 29.3 Å². The van der Waals surface area contributed by atoms with E-state index in [1.54, 1.807) is 0 Å². The van der Waals surface area contributed by atoms with Gasteiger partial charge in [-0.3, -0.25) is 4.79 Å². The SMILES string of the molecule is O=C(O)CCC(NC(=O)NCCOCC1CC1)C(=O)O. The summed E-state index contributed by atoms with van der Waals surface area (Å²) in [5, 5.41) is 22.0. The van der Waals surface area contributed by atoms with E-state index in [-0.39, 0.29) is 19.4 Å². The van der Waals surface area contributed by atoms with Crippen LogP contribution in [0.1, 0.15) is 25.7 Å². The highest BCUT2D eigenvalue weighted by atomic mass is 16.5. The van der Waals surface area contributed by atoms with Crippen LogP contribution in [0.3, 0.4) is 0 Å². The van der Waals surface area contributed by atoms with Crippen molar-refractivity contribution in [2.45, 2.75) is 31.7 Å². The van der Waals surface area contributed by atoms with Crippen LogP contribution in [0.15, 0.2) is 0 Å². The maximum absolute atomic E-state index is 11.4. The van der Waals surface area contributed by atoms with Gasteiger partial charge in [0.25, 0.3) is 0 Å².